The van der Waals surface area contributed by atoms with Crippen molar-refractivity contribution in [3.05, 3.63) is 17.5 Å². The summed E-state index contributed by atoms with van der Waals surface area (Å²) in [6.07, 6.45) is 1.47. The van der Waals surface area contributed by atoms with Crippen molar-refractivity contribution in [2.24, 2.45) is 5.92 Å². The predicted octanol–water partition coefficient (Wildman–Crippen LogP) is 0.862. The van der Waals surface area contributed by atoms with Crippen molar-refractivity contribution < 1.29 is 14.3 Å². The van der Waals surface area contributed by atoms with E-state index >= 15 is 0 Å². The number of hydrogen-bond acceptors (Lipinski definition) is 4. The second-order valence-corrected chi connectivity index (χ2v) is 5.41. The second kappa shape index (κ2) is 4.45. The number of aromatic nitrogens is 2. The van der Waals surface area contributed by atoms with Crippen molar-refractivity contribution in [2.45, 2.75) is 32.5 Å². The molecule has 0 bridgehead atoms. The molecular weight excluding hydrogens is 246 g/mol. The van der Waals surface area contributed by atoms with Crippen molar-refractivity contribution in [2.75, 3.05) is 13.1 Å². The Kier molecular flexibility index (Phi) is 2.89. The minimum Gasteiger partial charge on any atom is -0.373 e. The Morgan fingerprint density at radius 2 is 2.26 bits per heavy atom. The van der Waals surface area contributed by atoms with Crippen molar-refractivity contribution in [3.63, 3.8) is 0 Å². The molecule has 102 valence electrons. The highest BCUT2D eigenvalue weighted by Crippen LogP contribution is 2.33. The third-order valence-corrected chi connectivity index (χ3v) is 3.88. The lowest BCUT2D eigenvalue weighted by molar-refractivity contribution is 0.0441. The van der Waals surface area contributed by atoms with Gasteiger partial charge in [0, 0.05) is 25.9 Å². The van der Waals surface area contributed by atoms with Crippen molar-refractivity contribution in [1.82, 2.24) is 15.1 Å². The molecule has 3 rings (SSSR count). The third-order valence-electron chi connectivity index (χ3n) is 3.88. The minimum atomic E-state index is -0.147. The molecule has 19 heavy (non-hydrogen) atoms. The first-order chi connectivity index (χ1) is 9.04. The molecule has 0 aliphatic carbocycles. The number of hydrogen-bond donors (Lipinski definition) is 1. The van der Waals surface area contributed by atoms with Crippen molar-refractivity contribution in [3.8, 4) is 0 Å². The smallest absolute Gasteiger partial charge is 0.271 e. The zero-order valence-electron chi connectivity index (χ0n) is 11.0. The van der Waals surface area contributed by atoms with Gasteiger partial charge in [-0.3, -0.25) is 14.7 Å². The number of rotatable bonds is 2. The van der Waals surface area contributed by atoms with Gasteiger partial charge in [-0.1, -0.05) is 0 Å². The summed E-state index contributed by atoms with van der Waals surface area (Å²) in [7, 11) is 0. The summed E-state index contributed by atoms with van der Waals surface area (Å²) in [4.78, 5) is 25.2. The molecule has 2 aliphatic rings. The number of Topliss-reactive ketones (excluding diaryl/α,β-unsaturated/α-hetero) is 1. The highest BCUT2D eigenvalue weighted by molar-refractivity contribution is 5.97. The van der Waals surface area contributed by atoms with E-state index in [0.717, 1.165) is 13.0 Å². The summed E-state index contributed by atoms with van der Waals surface area (Å²) >= 11 is 0. The molecule has 6 nitrogen and oxygen atoms in total. The van der Waals surface area contributed by atoms with E-state index in [1.165, 1.54) is 13.0 Å². The van der Waals surface area contributed by atoms with Gasteiger partial charge in [-0.05, 0) is 19.4 Å². The fraction of sp³-hybridized carbons (Fsp3) is 0.615. The molecule has 6 heteroatoms. The number of aromatic amines is 1. The minimum absolute atomic E-state index is 0.106. The van der Waals surface area contributed by atoms with Crippen LogP contribution in [-0.4, -0.2) is 52.1 Å². The maximum Gasteiger partial charge on any atom is 0.271 e. The second-order valence-electron chi connectivity index (χ2n) is 5.41. The van der Waals surface area contributed by atoms with Crippen molar-refractivity contribution in [1.29, 1.82) is 0 Å². The van der Waals surface area contributed by atoms with E-state index < -0.39 is 0 Å². The summed E-state index contributed by atoms with van der Waals surface area (Å²) in [5, 5.41) is 6.47. The Balaban J connectivity index is 1.70. The van der Waals surface area contributed by atoms with E-state index in [0.29, 0.717) is 30.0 Å². The van der Waals surface area contributed by atoms with Crippen LogP contribution in [-0.2, 0) is 4.74 Å². The molecule has 3 atom stereocenters. The molecule has 0 saturated carbocycles. The van der Waals surface area contributed by atoms with Crippen LogP contribution in [0.3, 0.4) is 0 Å². The molecule has 1 aromatic rings. The fourth-order valence-corrected chi connectivity index (χ4v) is 2.95. The molecule has 2 aliphatic heterocycles. The van der Waals surface area contributed by atoms with Gasteiger partial charge in [-0.2, -0.15) is 5.10 Å². The monoisotopic (exact) mass is 263 g/mol. The Labute approximate surface area is 111 Å². The molecule has 0 radical (unpaired) electrons. The Morgan fingerprint density at radius 3 is 2.89 bits per heavy atom. The highest BCUT2D eigenvalue weighted by atomic mass is 16.5. The van der Waals surface area contributed by atoms with Gasteiger partial charge < -0.3 is 9.64 Å². The topological polar surface area (TPSA) is 75.3 Å². The maximum atomic E-state index is 12.3. The molecule has 0 aromatic carbocycles. The molecule has 2 saturated heterocycles. The zero-order valence-corrected chi connectivity index (χ0v) is 11.0. The number of ketones is 1. The average molecular weight is 263 g/mol. The molecule has 1 aromatic heterocycles. The van der Waals surface area contributed by atoms with E-state index in [4.69, 9.17) is 4.74 Å². The van der Waals surface area contributed by atoms with Crippen LogP contribution in [0.4, 0.5) is 0 Å². The van der Waals surface area contributed by atoms with E-state index in [1.807, 2.05) is 0 Å². The fourth-order valence-electron chi connectivity index (χ4n) is 2.95. The van der Waals surface area contributed by atoms with Gasteiger partial charge in [0.25, 0.3) is 5.91 Å². The summed E-state index contributed by atoms with van der Waals surface area (Å²) in [6, 6.07) is 1.52. The predicted molar refractivity (Wildman–Crippen MR) is 66.9 cm³/mol. The highest BCUT2D eigenvalue weighted by Gasteiger charge is 2.42. The first kappa shape index (κ1) is 12.3. The van der Waals surface area contributed by atoms with Crippen LogP contribution in [0.5, 0.6) is 0 Å². The number of nitrogens with one attached hydrogen (secondary N) is 1. The number of carbonyl (C=O) groups excluding carboxylic acids is 2. The molecule has 3 heterocycles. The van der Waals surface area contributed by atoms with Crippen molar-refractivity contribution >= 4 is 11.7 Å². The summed E-state index contributed by atoms with van der Waals surface area (Å²) < 4.78 is 5.77. The Morgan fingerprint density at radius 1 is 1.47 bits per heavy atom. The van der Waals surface area contributed by atoms with Gasteiger partial charge in [0.15, 0.2) is 5.78 Å². The molecular formula is C13H17N3O3. The Bertz CT molecular complexity index is 511. The zero-order chi connectivity index (χ0) is 13.6. The van der Waals surface area contributed by atoms with Gasteiger partial charge >= 0.3 is 0 Å². The van der Waals surface area contributed by atoms with Crippen LogP contribution < -0.4 is 0 Å². The van der Waals surface area contributed by atoms with Crippen LogP contribution >= 0.6 is 0 Å². The van der Waals surface area contributed by atoms with Gasteiger partial charge in [0.05, 0.1) is 12.2 Å². The third kappa shape index (κ3) is 2.16. The standard InChI is InChI=1S/C13H17N3O3/c1-7-3-9-5-16(6-12(9)19-7)13(18)11-4-10(8(2)17)14-15-11/h4,7,9,12H,3,5-6H2,1-2H3,(H,14,15)/t7-,9+,12-/m0/s1. The van der Waals surface area contributed by atoms with Gasteiger partial charge in [0.1, 0.15) is 11.4 Å². The van der Waals surface area contributed by atoms with Crippen LogP contribution in [0.2, 0.25) is 0 Å². The van der Waals surface area contributed by atoms with Gasteiger partial charge in [0.2, 0.25) is 0 Å². The van der Waals surface area contributed by atoms with E-state index in [2.05, 4.69) is 17.1 Å². The number of fused-ring (bicyclic) bond motifs is 1. The van der Waals surface area contributed by atoms with Crippen LogP contribution in [0, 0.1) is 5.92 Å². The van der Waals surface area contributed by atoms with Crippen LogP contribution in [0.15, 0.2) is 6.07 Å². The number of ether oxygens (including phenoxy) is 1. The summed E-state index contributed by atoms with van der Waals surface area (Å²) in [5.74, 6) is 0.186. The lowest BCUT2D eigenvalue weighted by Crippen LogP contribution is -2.31. The van der Waals surface area contributed by atoms with Gasteiger partial charge in [-0.15, -0.1) is 0 Å². The molecule has 0 spiro atoms. The molecule has 1 N–H and O–H groups in total. The first-order valence-electron chi connectivity index (χ1n) is 6.55. The van der Waals surface area contributed by atoms with Crippen LogP contribution in [0.1, 0.15) is 41.2 Å². The number of carbonyl (C=O) groups is 2. The SMILES string of the molecule is CC(=O)c1cc(C(=O)N2C[C@H]3C[C@H](C)O[C@H]3C2)[nH]n1. The molecule has 2 fully saturated rings. The number of amides is 1. The summed E-state index contributed by atoms with van der Waals surface area (Å²) in [5.41, 5.74) is 0.672. The lowest BCUT2D eigenvalue weighted by Gasteiger charge is -2.17. The molecule has 1 amide bonds. The van der Waals surface area contributed by atoms with E-state index in [9.17, 15) is 9.59 Å². The van der Waals surface area contributed by atoms with Gasteiger partial charge in [-0.25, -0.2) is 0 Å². The number of likely N-dealkylation sites (tertiary alicyclic amines) is 1. The normalized spacial score (nSPS) is 29.6. The summed E-state index contributed by atoms with van der Waals surface area (Å²) in [6.45, 7) is 4.85. The number of nitrogens with zero attached hydrogens (tertiary/aromatic N) is 2. The quantitative estimate of drug-likeness (QED) is 0.803. The first-order valence-corrected chi connectivity index (χ1v) is 6.55. The van der Waals surface area contributed by atoms with E-state index in [1.54, 1.807) is 4.90 Å². The largest absolute Gasteiger partial charge is 0.373 e. The average Bonchev–Trinajstić information content (AvgIpc) is 3.00. The lowest BCUT2D eigenvalue weighted by atomic mass is 10.0. The van der Waals surface area contributed by atoms with Crippen LogP contribution in [0.25, 0.3) is 0 Å². The number of H-pyrrole nitrogens is 1. The maximum absolute atomic E-state index is 12.3. The Hall–Kier alpha value is -1.69. The van der Waals surface area contributed by atoms with E-state index in [-0.39, 0.29) is 17.8 Å². The molecule has 0 unspecified atom stereocenters.